The lowest BCUT2D eigenvalue weighted by Crippen LogP contribution is -2.33. The minimum absolute atomic E-state index is 0.0104. The minimum atomic E-state index is -0.760. The molecular formula is C7H16O4. The molecule has 3 N–H and O–H groups in total. The highest BCUT2D eigenvalue weighted by molar-refractivity contribution is 4.68. The van der Waals surface area contributed by atoms with Gasteiger partial charge in [-0.2, -0.15) is 0 Å². The molecule has 4 nitrogen and oxygen atoms in total. The van der Waals surface area contributed by atoms with Crippen molar-refractivity contribution in [2.24, 2.45) is 0 Å². The minimum Gasteiger partial charge on any atom is -0.400 e. The van der Waals surface area contributed by atoms with E-state index in [-0.39, 0.29) is 12.2 Å². The van der Waals surface area contributed by atoms with Crippen molar-refractivity contribution in [1.82, 2.24) is 0 Å². The van der Waals surface area contributed by atoms with Crippen LogP contribution < -0.4 is 0 Å². The summed E-state index contributed by atoms with van der Waals surface area (Å²) >= 11 is 0. The molecule has 0 bridgehead atoms. The first kappa shape index (κ1) is 10.8. The average molecular weight is 164 g/mol. The Morgan fingerprint density at radius 1 is 1.18 bits per heavy atom. The molecule has 1 fully saturated rings. The maximum absolute atomic E-state index is 9.01. The fourth-order valence-corrected chi connectivity index (χ4v) is 1.09. The van der Waals surface area contributed by atoms with Gasteiger partial charge in [0.1, 0.15) is 0 Å². The van der Waals surface area contributed by atoms with E-state index in [0.717, 1.165) is 7.11 Å². The van der Waals surface area contributed by atoms with Crippen LogP contribution in [0.2, 0.25) is 0 Å². The first-order valence-electron chi connectivity index (χ1n) is 3.65. The number of aliphatic hydroxyl groups excluding tert-OH is 3. The first-order chi connectivity index (χ1) is 5.18. The highest BCUT2D eigenvalue weighted by Crippen LogP contribution is 2.16. The molecule has 1 aliphatic heterocycles. The van der Waals surface area contributed by atoms with Crippen molar-refractivity contribution in [3.05, 3.63) is 0 Å². The van der Waals surface area contributed by atoms with Crippen molar-refractivity contribution in [3.8, 4) is 0 Å². The molecule has 0 radical (unpaired) electrons. The molecule has 0 amide bonds. The third-order valence-corrected chi connectivity index (χ3v) is 1.47. The maximum Gasteiger partial charge on any atom is 0.157 e. The van der Waals surface area contributed by atoms with Crippen LogP contribution in [0.25, 0.3) is 0 Å². The predicted octanol–water partition coefficient (Wildman–Crippen LogP) is -0.527. The molecule has 1 rings (SSSR count). The van der Waals surface area contributed by atoms with E-state index in [1.807, 2.05) is 6.92 Å². The Kier molecular flexibility index (Phi) is 5.41. The zero-order valence-corrected chi connectivity index (χ0v) is 6.90. The van der Waals surface area contributed by atoms with Gasteiger partial charge in [-0.3, -0.25) is 0 Å². The molecular weight excluding hydrogens is 148 g/mol. The summed E-state index contributed by atoms with van der Waals surface area (Å²) in [7, 11) is 1.00. The quantitative estimate of drug-likeness (QED) is 0.450. The van der Waals surface area contributed by atoms with E-state index in [1.54, 1.807) is 0 Å². The van der Waals surface area contributed by atoms with Gasteiger partial charge in [0.2, 0.25) is 0 Å². The molecule has 0 aliphatic carbocycles. The lowest BCUT2D eigenvalue weighted by Gasteiger charge is -2.27. The topological polar surface area (TPSA) is 69.9 Å². The van der Waals surface area contributed by atoms with Crippen molar-refractivity contribution < 1.29 is 20.1 Å². The summed E-state index contributed by atoms with van der Waals surface area (Å²) in [6, 6.07) is 0. The zero-order valence-electron chi connectivity index (χ0n) is 6.90. The molecule has 1 heterocycles. The summed E-state index contributed by atoms with van der Waals surface area (Å²) in [4.78, 5) is 0. The van der Waals surface area contributed by atoms with Gasteiger partial charge in [-0.25, -0.2) is 0 Å². The van der Waals surface area contributed by atoms with E-state index in [2.05, 4.69) is 0 Å². The van der Waals surface area contributed by atoms with Crippen LogP contribution in [0.1, 0.15) is 19.8 Å². The maximum atomic E-state index is 9.01. The van der Waals surface area contributed by atoms with Gasteiger partial charge < -0.3 is 20.1 Å². The van der Waals surface area contributed by atoms with Crippen LogP contribution in [-0.2, 0) is 4.74 Å². The van der Waals surface area contributed by atoms with Gasteiger partial charge in [0, 0.05) is 13.5 Å². The monoisotopic (exact) mass is 164 g/mol. The summed E-state index contributed by atoms with van der Waals surface area (Å²) in [5.74, 6) is 0. The largest absolute Gasteiger partial charge is 0.400 e. The molecule has 0 aromatic rings. The van der Waals surface area contributed by atoms with Crippen LogP contribution in [0.4, 0.5) is 0 Å². The van der Waals surface area contributed by atoms with Crippen molar-refractivity contribution in [1.29, 1.82) is 0 Å². The molecule has 3 unspecified atom stereocenters. The number of aliphatic hydroxyl groups is 3. The van der Waals surface area contributed by atoms with Crippen LogP contribution >= 0.6 is 0 Å². The van der Waals surface area contributed by atoms with E-state index < -0.39 is 6.29 Å². The number of hydrogen-bond acceptors (Lipinski definition) is 4. The van der Waals surface area contributed by atoms with E-state index in [0.29, 0.717) is 12.8 Å². The summed E-state index contributed by atoms with van der Waals surface area (Å²) in [5, 5.41) is 24.9. The smallest absolute Gasteiger partial charge is 0.157 e. The standard InChI is InChI=1S/C6H12O3.CH4O/c1-4-2-5(7)3-6(8)9-4;1-2/h4-8H,2-3H2,1H3;2H,1H3. The van der Waals surface area contributed by atoms with Crippen molar-refractivity contribution >= 4 is 0 Å². The van der Waals surface area contributed by atoms with Crippen LogP contribution in [0, 0.1) is 0 Å². The van der Waals surface area contributed by atoms with Gasteiger partial charge in [-0.05, 0) is 13.3 Å². The van der Waals surface area contributed by atoms with Gasteiger partial charge in [0.05, 0.1) is 12.2 Å². The average Bonchev–Trinajstić information content (AvgIpc) is 1.88. The molecule has 3 atom stereocenters. The van der Waals surface area contributed by atoms with Gasteiger partial charge >= 0.3 is 0 Å². The Labute approximate surface area is 66.4 Å². The highest BCUT2D eigenvalue weighted by Gasteiger charge is 2.23. The van der Waals surface area contributed by atoms with Gasteiger partial charge in [-0.15, -0.1) is 0 Å². The van der Waals surface area contributed by atoms with Crippen molar-refractivity contribution in [2.75, 3.05) is 7.11 Å². The van der Waals surface area contributed by atoms with E-state index in [9.17, 15) is 0 Å². The van der Waals surface area contributed by atoms with Crippen LogP contribution in [0.15, 0.2) is 0 Å². The Hall–Kier alpha value is -0.160. The van der Waals surface area contributed by atoms with Crippen LogP contribution in [-0.4, -0.2) is 40.9 Å². The number of rotatable bonds is 0. The molecule has 11 heavy (non-hydrogen) atoms. The summed E-state index contributed by atoms with van der Waals surface area (Å²) in [5.41, 5.74) is 0. The summed E-state index contributed by atoms with van der Waals surface area (Å²) in [6.45, 7) is 1.84. The van der Waals surface area contributed by atoms with Gasteiger partial charge in [0.25, 0.3) is 0 Å². The predicted molar refractivity (Wildman–Crippen MR) is 39.9 cm³/mol. The zero-order chi connectivity index (χ0) is 8.85. The normalized spacial score (nSPS) is 37.4. The molecule has 1 saturated heterocycles. The molecule has 0 spiro atoms. The molecule has 68 valence electrons. The lowest BCUT2D eigenvalue weighted by molar-refractivity contribution is -0.183. The second-order valence-corrected chi connectivity index (χ2v) is 2.53. The van der Waals surface area contributed by atoms with E-state index in [4.69, 9.17) is 20.1 Å². The summed E-state index contributed by atoms with van der Waals surface area (Å²) < 4.78 is 4.95. The Balaban J connectivity index is 0.000000461. The first-order valence-corrected chi connectivity index (χ1v) is 3.65. The summed E-state index contributed by atoms with van der Waals surface area (Å²) in [6.07, 6.45) is -0.169. The fourth-order valence-electron chi connectivity index (χ4n) is 1.09. The van der Waals surface area contributed by atoms with E-state index in [1.165, 1.54) is 0 Å². The molecule has 0 aromatic carbocycles. The van der Waals surface area contributed by atoms with Crippen molar-refractivity contribution in [3.63, 3.8) is 0 Å². The SMILES string of the molecule is CC1CC(O)CC(O)O1.CO. The number of hydrogen-bond donors (Lipinski definition) is 3. The Morgan fingerprint density at radius 2 is 1.73 bits per heavy atom. The Morgan fingerprint density at radius 3 is 2.09 bits per heavy atom. The molecule has 0 aromatic heterocycles. The van der Waals surface area contributed by atoms with Gasteiger partial charge in [-0.1, -0.05) is 0 Å². The third-order valence-electron chi connectivity index (χ3n) is 1.47. The van der Waals surface area contributed by atoms with Crippen LogP contribution in [0.5, 0.6) is 0 Å². The van der Waals surface area contributed by atoms with E-state index >= 15 is 0 Å². The van der Waals surface area contributed by atoms with Crippen molar-refractivity contribution in [2.45, 2.75) is 38.3 Å². The molecule has 1 aliphatic rings. The fraction of sp³-hybridized carbons (Fsp3) is 1.00. The van der Waals surface area contributed by atoms with Crippen LogP contribution in [0.3, 0.4) is 0 Å². The molecule has 0 saturated carbocycles. The lowest BCUT2D eigenvalue weighted by atomic mass is 10.1. The van der Waals surface area contributed by atoms with Gasteiger partial charge in [0.15, 0.2) is 6.29 Å². The second kappa shape index (κ2) is 5.49. The molecule has 4 heteroatoms. The highest BCUT2D eigenvalue weighted by atomic mass is 16.6. The Bertz CT molecular complexity index is 71.4. The second-order valence-electron chi connectivity index (χ2n) is 2.53. The third kappa shape index (κ3) is 4.31. The number of ether oxygens (including phenoxy) is 1.